The fourth-order valence-electron chi connectivity index (χ4n) is 1.78. The van der Waals surface area contributed by atoms with Gasteiger partial charge in [0, 0.05) is 19.5 Å². The monoisotopic (exact) mass is 239 g/mol. The van der Waals surface area contributed by atoms with Crippen molar-refractivity contribution in [2.45, 2.75) is 39.5 Å². The molecule has 0 aliphatic carbocycles. The number of amides is 1. The SMILES string of the molecule is C/C=C\S/C(=C\C)CCC(=O)N1CCCC1. The van der Waals surface area contributed by atoms with E-state index in [1.54, 1.807) is 11.8 Å². The highest BCUT2D eigenvalue weighted by atomic mass is 32.2. The van der Waals surface area contributed by atoms with E-state index in [4.69, 9.17) is 0 Å². The Bertz CT molecular complexity index is 278. The van der Waals surface area contributed by atoms with Crippen molar-refractivity contribution >= 4 is 17.7 Å². The number of likely N-dealkylation sites (tertiary alicyclic amines) is 1. The van der Waals surface area contributed by atoms with Gasteiger partial charge in [0.25, 0.3) is 0 Å². The van der Waals surface area contributed by atoms with Gasteiger partial charge in [-0.15, -0.1) is 11.8 Å². The summed E-state index contributed by atoms with van der Waals surface area (Å²) < 4.78 is 0. The minimum atomic E-state index is 0.318. The van der Waals surface area contributed by atoms with Crippen LogP contribution >= 0.6 is 11.8 Å². The first-order chi connectivity index (χ1) is 7.77. The van der Waals surface area contributed by atoms with Crippen LogP contribution in [0, 0.1) is 0 Å². The second-order valence-corrected chi connectivity index (χ2v) is 4.96. The topological polar surface area (TPSA) is 20.3 Å². The van der Waals surface area contributed by atoms with Crippen molar-refractivity contribution in [1.82, 2.24) is 4.90 Å². The first-order valence-corrected chi connectivity index (χ1v) is 6.86. The summed E-state index contributed by atoms with van der Waals surface area (Å²) in [6, 6.07) is 0. The maximum absolute atomic E-state index is 11.8. The van der Waals surface area contributed by atoms with E-state index in [1.165, 1.54) is 17.7 Å². The lowest BCUT2D eigenvalue weighted by Gasteiger charge is -2.15. The molecule has 1 fully saturated rings. The standard InChI is InChI=1S/C13H21NOS/c1-3-11-16-12(4-2)7-8-13(15)14-9-5-6-10-14/h3-4,11H,5-10H2,1-2H3/b11-3-,12-4-. The fraction of sp³-hybridized carbons (Fsp3) is 0.615. The van der Waals surface area contributed by atoms with Crippen LogP contribution in [0.15, 0.2) is 22.5 Å². The van der Waals surface area contributed by atoms with E-state index in [2.05, 4.69) is 11.5 Å². The zero-order chi connectivity index (χ0) is 11.8. The molecule has 16 heavy (non-hydrogen) atoms. The molecule has 1 amide bonds. The van der Waals surface area contributed by atoms with Crippen LogP contribution in [-0.4, -0.2) is 23.9 Å². The van der Waals surface area contributed by atoms with Crippen LogP contribution in [0.1, 0.15) is 39.5 Å². The number of nitrogens with zero attached hydrogens (tertiary/aromatic N) is 1. The van der Waals surface area contributed by atoms with Gasteiger partial charge in [-0.05, 0) is 43.4 Å². The second kappa shape index (κ2) is 7.55. The molecule has 0 atom stereocenters. The maximum atomic E-state index is 11.8. The molecule has 0 unspecified atom stereocenters. The lowest BCUT2D eigenvalue weighted by molar-refractivity contribution is -0.130. The molecule has 1 aliphatic rings. The van der Waals surface area contributed by atoms with Gasteiger partial charge in [0.05, 0.1) is 0 Å². The minimum absolute atomic E-state index is 0.318. The number of allylic oxidation sites excluding steroid dienone is 3. The molecule has 1 aliphatic heterocycles. The van der Waals surface area contributed by atoms with Crippen molar-refractivity contribution in [3.63, 3.8) is 0 Å². The molecule has 1 rings (SSSR count). The summed E-state index contributed by atoms with van der Waals surface area (Å²) in [7, 11) is 0. The lowest BCUT2D eigenvalue weighted by atomic mass is 10.2. The summed E-state index contributed by atoms with van der Waals surface area (Å²) in [6.45, 7) is 5.97. The van der Waals surface area contributed by atoms with Crippen molar-refractivity contribution in [2.24, 2.45) is 0 Å². The Hall–Kier alpha value is -0.700. The Balaban J connectivity index is 2.28. The average Bonchev–Trinajstić information content (AvgIpc) is 2.82. The Morgan fingerprint density at radius 1 is 1.25 bits per heavy atom. The normalized spacial score (nSPS) is 17.4. The molecule has 0 saturated carbocycles. The summed E-state index contributed by atoms with van der Waals surface area (Å²) in [5, 5.41) is 2.07. The smallest absolute Gasteiger partial charge is 0.222 e. The van der Waals surface area contributed by atoms with Gasteiger partial charge in [-0.25, -0.2) is 0 Å². The molecule has 2 nitrogen and oxygen atoms in total. The number of hydrogen-bond donors (Lipinski definition) is 0. The molecule has 1 saturated heterocycles. The van der Waals surface area contributed by atoms with Crippen LogP contribution in [0.25, 0.3) is 0 Å². The zero-order valence-electron chi connectivity index (χ0n) is 10.2. The predicted molar refractivity (Wildman–Crippen MR) is 71.2 cm³/mol. The summed E-state index contributed by atoms with van der Waals surface area (Å²) in [4.78, 5) is 15.1. The lowest BCUT2D eigenvalue weighted by Crippen LogP contribution is -2.27. The van der Waals surface area contributed by atoms with Crippen molar-refractivity contribution in [1.29, 1.82) is 0 Å². The molecule has 3 heteroatoms. The van der Waals surface area contributed by atoms with Gasteiger partial charge in [0.2, 0.25) is 5.91 Å². The van der Waals surface area contributed by atoms with Crippen LogP contribution in [-0.2, 0) is 4.79 Å². The van der Waals surface area contributed by atoms with Crippen molar-refractivity contribution < 1.29 is 4.79 Å². The summed E-state index contributed by atoms with van der Waals surface area (Å²) in [5.41, 5.74) is 0. The molecule has 0 spiro atoms. The molecule has 0 bridgehead atoms. The Kier molecular flexibility index (Phi) is 6.31. The first kappa shape index (κ1) is 13.4. The fourth-order valence-corrected chi connectivity index (χ4v) is 2.45. The third kappa shape index (κ3) is 4.44. The number of carbonyl (C=O) groups is 1. The van der Waals surface area contributed by atoms with Crippen molar-refractivity contribution in [3.05, 3.63) is 22.5 Å². The zero-order valence-corrected chi connectivity index (χ0v) is 11.1. The van der Waals surface area contributed by atoms with Gasteiger partial charge in [-0.2, -0.15) is 0 Å². The van der Waals surface area contributed by atoms with Crippen LogP contribution in [0.3, 0.4) is 0 Å². The van der Waals surface area contributed by atoms with Crippen LogP contribution in [0.2, 0.25) is 0 Å². The van der Waals surface area contributed by atoms with Gasteiger partial charge in [0.1, 0.15) is 0 Å². The van der Waals surface area contributed by atoms with Gasteiger partial charge in [-0.3, -0.25) is 4.79 Å². The molecule has 90 valence electrons. The van der Waals surface area contributed by atoms with Gasteiger partial charge >= 0.3 is 0 Å². The number of thioether (sulfide) groups is 1. The third-order valence-electron chi connectivity index (χ3n) is 2.72. The van der Waals surface area contributed by atoms with Crippen molar-refractivity contribution in [2.75, 3.05) is 13.1 Å². The van der Waals surface area contributed by atoms with Gasteiger partial charge < -0.3 is 4.90 Å². The third-order valence-corrected chi connectivity index (χ3v) is 3.87. The average molecular weight is 239 g/mol. The quantitative estimate of drug-likeness (QED) is 0.731. The molecule has 0 radical (unpaired) electrons. The van der Waals surface area contributed by atoms with Crippen LogP contribution < -0.4 is 0 Å². The summed E-state index contributed by atoms with van der Waals surface area (Å²) >= 11 is 1.72. The van der Waals surface area contributed by atoms with E-state index < -0.39 is 0 Å². The highest BCUT2D eigenvalue weighted by Gasteiger charge is 2.17. The molecule has 0 aromatic heterocycles. The largest absolute Gasteiger partial charge is 0.343 e. The van der Waals surface area contributed by atoms with Crippen LogP contribution in [0.4, 0.5) is 0 Å². The van der Waals surface area contributed by atoms with Gasteiger partial charge in [0.15, 0.2) is 0 Å². The minimum Gasteiger partial charge on any atom is -0.343 e. The molecule has 0 N–H and O–H groups in total. The number of rotatable bonds is 5. The highest BCUT2D eigenvalue weighted by molar-refractivity contribution is 8.05. The van der Waals surface area contributed by atoms with E-state index in [-0.39, 0.29) is 0 Å². The van der Waals surface area contributed by atoms with E-state index in [1.807, 2.05) is 24.8 Å². The van der Waals surface area contributed by atoms with Gasteiger partial charge in [-0.1, -0.05) is 12.2 Å². The molecule has 1 heterocycles. The molecular formula is C13H21NOS. The highest BCUT2D eigenvalue weighted by Crippen LogP contribution is 2.22. The Labute approximate surface area is 103 Å². The maximum Gasteiger partial charge on any atom is 0.222 e. The Morgan fingerprint density at radius 3 is 2.50 bits per heavy atom. The second-order valence-electron chi connectivity index (χ2n) is 3.93. The van der Waals surface area contributed by atoms with Crippen LogP contribution in [0.5, 0.6) is 0 Å². The van der Waals surface area contributed by atoms with E-state index in [9.17, 15) is 4.79 Å². The Morgan fingerprint density at radius 2 is 1.94 bits per heavy atom. The number of hydrogen-bond acceptors (Lipinski definition) is 2. The van der Waals surface area contributed by atoms with E-state index in [0.29, 0.717) is 12.3 Å². The number of carbonyl (C=O) groups excluding carboxylic acids is 1. The molecular weight excluding hydrogens is 218 g/mol. The predicted octanol–water partition coefficient (Wildman–Crippen LogP) is 3.56. The summed E-state index contributed by atoms with van der Waals surface area (Å²) in [5.74, 6) is 0.318. The summed E-state index contributed by atoms with van der Waals surface area (Å²) in [6.07, 6.45) is 8.01. The van der Waals surface area contributed by atoms with Crippen molar-refractivity contribution in [3.8, 4) is 0 Å². The first-order valence-electron chi connectivity index (χ1n) is 5.98. The van der Waals surface area contributed by atoms with E-state index in [0.717, 1.165) is 19.5 Å². The van der Waals surface area contributed by atoms with E-state index >= 15 is 0 Å². The molecule has 0 aromatic carbocycles. The molecule has 0 aromatic rings.